The van der Waals surface area contributed by atoms with Gasteiger partial charge in [0.2, 0.25) is 0 Å². The summed E-state index contributed by atoms with van der Waals surface area (Å²) in [4.78, 5) is 15.2. The van der Waals surface area contributed by atoms with E-state index in [0.717, 1.165) is 24.5 Å². The molecule has 0 N–H and O–H groups in total. The summed E-state index contributed by atoms with van der Waals surface area (Å²) < 4.78 is 0. The summed E-state index contributed by atoms with van der Waals surface area (Å²) in [5.74, 6) is 2.03. The second-order valence-electron chi connectivity index (χ2n) is 8.66. The van der Waals surface area contributed by atoms with Crippen LogP contribution in [0.3, 0.4) is 0 Å². The monoisotopic (exact) mass is 428 g/mol. The minimum absolute atomic E-state index is 0.0463. The molecule has 32 heavy (non-hydrogen) atoms. The van der Waals surface area contributed by atoms with E-state index in [1.807, 2.05) is 27.7 Å². The third kappa shape index (κ3) is 3.28. The Morgan fingerprint density at radius 1 is 0.719 bits per heavy atom. The molecule has 1 aromatic heterocycles. The molecule has 2 aromatic carbocycles. The highest BCUT2D eigenvalue weighted by Gasteiger charge is 2.55. The molecular formula is C28H36N4. The smallest absolute Gasteiger partial charge is 0.178 e. The Bertz CT molecular complexity index is 1050. The van der Waals surface area contributed by atoms with E-state index < -0.39 is 0 Å². The van der Waals surface area contributed by atoms with Gasteiger partial charge in [-0.1, -0.05) is 77.9 Å². The van der Waals surface area contributed by atoms with Crippen molar-refractivity contribution >= 4 is 23.0 Å². The number of anilines is 4. The average Bonchev–Trinajstić information content (AvgIpc) is 3.31. The molecule has 6 rings (SSSR count). The summed E-state index contributed by atoms with van der Waals surface area (Å²) in [5.41, 5.74) is 6.17. The van der Waals surface area contributed by atoms with E-state index in [2.05, 4.69) is 78.2 Å². The molecule has 2 aliphatic heterocycles. The molecule has 4 heteroatoms. The van der Waals surface area contributed by atoms with Crippen LogP contribution in [0, 0.1) is 0 Å². The van der Waals surface area contributed by atoms with E-state index in [0.29, 0.717) is 0 Å². The second-order valence-corrected chi connectivity index (χ2v) is 8.66. The highest BCUT2D eigenvalue weighted by atomic mass is 15.5. The SMILES string of the molecule is CC.CC.CC1(C)c2ccccc2N2c3nc4c(nc3N(c3ccccc3)C21)CCCC4. The number of nitrogens with zero attached hydrogens (tertiary/aromatic N) is 4. The lowest BCUT2D eigenvalue weighted by atomic mass is 9.83. The molecule has 0 spiro atoms. The van der Waals surface area contributed by atoms with Gasteiger partial charge in [-0.15, -0.1) is 0 Å². The summed E-state index contributed by atoms with van der Waals surface area (Å²) in [6.07, 6.45) is 4.67. The molecule has 0 saturated carbocycles. The van der Waals surface area contributed by atoms with E-state index in [1.54, 1.807) is 0 Å². The van der Waals surface area contributed by atoms with Crippen molar-refractivity contribution in [3.05, 3.63) is 71.5 Å². The quantitative estimate of drug-likeness (QED) is 0.406. The third-order valence-corrected chi connectivity index (χ3v) is 6.58. The van der Waals surface area contributed by atoms with Crippen molar-refractivity contribution in [1.82, 2.24) is 9.97 Å². The standard InChI is InChI=1S/C24H24N4.2C2H6/c1-24(2)17-12-6-9-15-20(17)28-22-21(25-18-13-7-8-14-19(18)26-22)27(23(24)28)16-10-4-3-5-11-16;2*1-2/h3-6,9-12,15,23H,7-8,13-14H2,1-2H3;2*1-2H3. The second kappa shape index (κ2) is 8.93. The molecule has 0 amide bonds. The van der Waals surface area contributed by atoms with Crippen LogP contribution < -0.4 is 9.80 Å². The zero-order chi connectivity index (χ0) is 22.9. The lowest BCUT2D eigenvalue weighted by Gasteiger charge is -2.36. The lowest BCUT2D eigenvalue weighted by Crippen LogP contribution is -2.46. The maximum absolute atomic E-state index is 5.20. The van der Waals surface area contributed by atoms with Crippen LogP contribution in [0.2, 0.25) is 0 Å². The van der Waals surface area contributed by atoms with Crippen LogP contribution in [0.1, 0.15) is 71.3 Å². The van der Waals surface area contributed by atoms with Gasteiger partial charge in [0.1, 0.15) is 6.17 Å². The molecule has 0 bridgehead atoms. The van der Waals surface area contributed by atoms with E-state index in [4.69, 9.17) is 9.97 Å². The summed E-state index contributed by atoms with van der Waals surface area (Å²) >= 11 is 0. The Kier molecular flexibility index (Phi) is 6.23. The maximum atomic E-state index is 5.20. The van der Waals surface area contributed by atoms with Gasteiger partial charge in [0, 0.05) is 16.8 Å². The van der Waals surface area contributed by atoms with E-state index in [9.17, 15) is 0 Å². The van der Waals surface area contributed by atoms with Crippen molar-refractivity contribution in [1.29, 1.82) is 0 Å². The van der Waals surface area contributed by atoms with Crippen LogP contribution in [-0.2, 0) is 18.3 Å². The van der Waals surface area contributed by atoms with Gasteiger partial charge in [0.15, 0.2) is 11.6 Å². The van der Waals surface area contributed by atoms with Crippen molar-refractivity contribution < 1.29 is 0 Å². The first-order valence-corrected chi connectivity index (χ1v) is 12.3. The largest absolute Gasteiger partial charge is 0.301 e. The van der Waals surface area contributed by atoms with E-state index in [-0.39, 0.29) is 11.6 Å². The van der Waals surface area contributed by atoms with Crippen LogP contribution in [0.5, 0.6) is 0 Å². The molecule has 0 fully saturated rings. The first-order valence-electron chi connectivity index (χ1n) is 12.3. The molecule has 0 saturated heterocycles. The van der Waals surface area contributed by atoms with Gasteiger partial charge in [-0.05, 0) is 49.4 Å². The fraction of sp³-hybridized carbons (Fsp3) is 0.429. The van der Waals surface area contributed by atoms with Gasteiger partial charge in [-0.2, -0.15) is 0 Å². The predicted octanol–water partition coefficient (Wildman–Crippen LogP) is 7.31. The minimum Gasteiger partial charge on any atom is -0.301 e. The van der Waals surface area contributed by atoms with Crippen LogP contribution >= 0.6 is 0 Å². The first-order chi connectivity index (χ1) is 15.7. The number of aryl methyl sites for hydroxylation is 2. The number of rotatable bonds is 1. The van der Waals surface area contributed by atoms with Crippen molar-refractivity contribution in [3.63, 3.8) is 0 Å². The number of hydrogen-bond acceptors (Lipinski definition) is 4. The fourth-order valence-electron chi connectivity index (χ4n) is 5.25. The molecule has 0 radical (unpaired) electrons. The Balaban J connectivity index is 0.000000582. The molecule has 4 nitrogen and oxygen atoms in total. The van der Waals surface area contributed by atoms with Crippen molar-refractivity contribution in [2.24, 2.45) is 0 Å². The van der Waals surface area contributed by atoms with Gasteiger partial charge in [0.05, 0.1) is 11.4 Å². The first kappa shape index (κ1) is 22.3. The van der Waals surface area contributed by atoms with Crippen LogP contribution in [0.4, 0.5) is 23.0 Å². The molecule has 1 atom stereocenters. The number of benzene rings is 2. The molecule has 1 unspecified atom stereocenters. The summed E-state index contributed by atoms with van der Waals surface area (Å²) in [6.45, 7) is 12.7. The molecule has 3 heterocycles. The normalized spacial score (nSPS) is 18.9. The Labute approximate surface area is 193 Å². The maximum Gasteiger partial charge on any atom is 0.178 e. The van der Waals surface area contributed by atoms with Crippen molar-refractivity contribution in [3.8, 4) is 0 Å². The number of para-hydroxylation sites is 2. The van der Waals surface area contributed by atoms with E-state index >= 15 is 0 Å². The van der Waals surface area contributed by atoms with Crippen LogP contribution in [0.25, 0.3) is 0 Å². The van der Waals surface area contributed by atoms with Crippen LogP contribution in [0.15, 0.2) is 54.6 Å². The van der Waals surface area contributed by atoms with Gasteiger partial charge in [-0.25, -0.2) is 9.97 Å². The Morgan fingerprint density at radius 3 is 1.88 bits per heavy atom. The number of hydrogen-bond donors (Lipinski definition) is 0. The van der Waals surface area contributed by atoms with Gasteiger partial charge >= 0.3 is 0 Å². The molecular weight excluding hydrogens is 392 g/mol. The highest BCUT2D eigenvalue weighted by Crippen LogP contribution is 2.57. The predicted molar refractivity (Wildman–Crippen MR) is 135 cm³/mol. The fourth-order valence-corrected chi connectivity index (χ4v) is 5.25. The average molecular weight is 429 g/mol. The van der Waals surface area contributed by atoms with Gasteiger partial charge in [0.25, 0.3) is 0 Å². The Morgan fingerprint density at radius 2 is 1.25 bits per heavy atom. The molecule has 1 aliphatic carbocycles. The Hall–Kier alpha value is -2.88. The molecule has 168 valence electrons. The highest BCUT2D eigenvalue weighted by molar-refractivity contribution is 5.88. The summed E-state index contributed by atoms with van der Waals surface area (Å²) in [5, 5.41) is 0. The summed E-state index contributed by atoms with van der Waals surface area (Å²) in [7, 11) is 0. The number of aromatic nitrogens is 2. The van der Waals surface area contributed by atoms with Crippen LogP contribution in [-0.4, -0.2) is 16.1 Å². The zero-order valence-electron chi connectivity index (χ0n) is 20.4. The lowest BCUT2D eigenvalue weighted by molar-refractivity contribution is 0.449. The molecule has 3 aliphatic rings. The minimum atomic E-state index is -0.0463. The summed E-state index contributed by atoms with van der Waals surface area (Å²) in [6, 6.07) is 19.4. The van der Waals surface area contributed by atoms with E-state index in [1.165, 1.54) is 41.2 Å². The van der Waals surface area contributed by atoms with Crippen molar-refractivity contribution in [2.45, 2.75) is 78.8 Å². The number of fused-ring (bicyclic) bond motifs is 6. The zero-order valence-corrected chi connectivity index (χ0v) is 20.4. The van der Waals surface area contributed by atoms with Gasteiger partial charge in [-0.3, -0.25) is 0 Å². The van der Waals surface area contributed by atoms with Gasteiger partial charge < -0.3 is 9.80 Å². The van der Waals surface area contributed by atoms with Crippen molar-refractivity contribution in [2.75, 3.05) is 9.80 Å². The molecule has 3 aromatic rings. The third-order valence-electron chi connectivity index (χ3n) is 6.58. The topological polar surface area (TPSA) is 32.3 Å².